The molecule has 0 saturated heterocycles. The van der Waals surface area contributed by atoms with Gasteiger partial charge in [0, 0.05) is 65.2 Å². The molecule has 1 aliphatic rings. The number of hydrogen-bond donors (Lipinski definition) is 2. The molecule has 4 rings (SSSR count). The fraction of sp³-hybridized carbons (Fsp3) is 0.273. The third-order valence-corrected chi connectivity index (χ3v) is 5.44. The molecule has 3 aromatic rings. The third-order valence-electron chi connectivity index (χ3n) is 5.21. The van der Waals surface area contributed by atoms with Gasteiger partial charge in [-0.05, 0) is 36.4 Å². The lowest BCUT2D eigenvalue weighted by atomic mass is 10.0. The minimum absolute atomic E-state index is 0.0193. The number of hydrogen-bond acceptors (Lipinski definition) is 3. The Hall–Kier alpha value is -2.99. The fourth-order valence-corrected chi connectivity index (χ4v) is 3.89. The largest absolute Gasteiger partial charge is 0.497 e. The summed E-state index contributed by atoms with van der Waals surface area (Å²) in [6.45, 7) is 1.18. The molecular formula is C22H22ClN3O3. The second kappa shape index (κ2) is 8.17. The number of H-pyrrole nitrogens is 1. The molecule has 2 amide bonds. The van der Waals surface area contributed by atoms with Crippen LogP contribution >= 0.6 is 11.6 Å². The molecule has 0 aliphatic carbocycles. The van der Waals surface area contributed by atoms with Crippen LogP contribution in [0.5, 0.6) is 5.75 Å². The van der Waals surface area contributed by atoms with Crippen molar-refractivity contribution in [2.24, 2.45) is 0 Å². The molecular weight excluding hydrogens is 390 g/mol. The van der Waals surface area contributed by atoms with Gasteiger partial charge in [-0.25, -0.2) is 0 Å². The van der Waals surface area contributed by atoms with Crippen molar-refractivity contribution in [3.63, 3.8) is 0 Å². The lowest BCUT2D eigenvalue weighted by molar-refractivity contribution is -0.133. The average molecular weight is 412 g/mol. The average Bonchev–Trinajstić information content (AvgIpc) is 3.09. The van der Waals surface area contributed by atoms with Crippen molar-refractivity contribution < 1.29 is 14.3 Å². The minimum atomic E-state index is -0.199. The highest BCUT2D eigenvalue weighted by Gasteiger charge is 2.24. The summed E-state index contributed by atoms with van der Waals surface area (Å²) in [7, 11) is 1.64. The first-order chi connectivity index (χ1) is 14.0. The molecule has 0 radical (unpaired) electrons. The minimum Gasteiger partial charge on any atom is -0.497 e. The second-order valence-electron chi connectivity index (χ2n) is 7.12. The number of ether oxygens (including phenoxy) is 1. The number of benzene rings is 2. The molecule has 0 fully saturated rings. The molecule has 1 aromatic heterocycles. The molecule has 7 heteroatoms. The number of nitrogens with zero attached hydrogens (tertiary/aromatic N) is 1. The van der Waals surface area contributed by atoms with Gasteiger partial charge < -0.3 is 19.9 Å². The van der Waals surface area contributed by atoms with E-state index in [1.807, 2.05) is 23.1 Å². The molecule has 0 atom stereocenters. The maximum absolute atomic E-state index is 12.7. The Bertz CT molecular complexity index is 1080. The summed E-state index contributed by atoms with van der Waals surface area (Å²) in [5, 5.41) is 4.41. The molecule has 29 heavy (non-hydrogen) atoms. The molecule has 0 spiro atoms. The monoisotopic (exact) mass is 411 g/mol. The van der Waals surface area contributed by atoms with Crippen molar-refractivity contribution in [2.75, 3.05) is 19.0 Å². The van der Waals surface area contributed by atoms with E-state index >= 15 is 0 Å². The molecule has 0 unspecified atom stereocenters. The summed E-state index contributed by atoms with van der Waals surface area (Å²) >= 11 is 5.93. The van der Waals surface area contributed by atoms with E-state index in [1.54, 1.807) is 31.4 Å². The van der Waals surface area contributed by atoms with E-state index in [4.69, 9.17) is 16.3 Å². The van der Waals surface area contributed by atoms with E-state index in [9.17, 15) is 9.59 Å². The Balaban J connectivity index is 1.38. The number of rotatable bonds is 5. The first kappa shape index (κ1) is 19.3. The van der Waals surface area contributed by atoms with Crippen molar-refractivity contribution in [1.29, 1.82) is 0 Å². The smallest absolute Gasteiger partial charge is 0.224 e. The van der Waals surface area contributed by atoms with Crippen LogP contribution in [-0.4, -0.2) is 35.4 Å². The molecule has 2 N–H and O–H groups in total. The maximum atomic E-state index is 12.7. The van der Waals surface area contributed by atoms with Crippen molar-refractivity contribution in [3.05, 3.63) is 58.7 Å². The molecule has 0 bridgehead atoms. The number of anilines is 1. The zero-order chi connectivity index (χ0) is 20.4. The van der Waals surface area contributed by atoms with E-state index in [1.165, 1.54) is 0 Å². The van der Waals surface area contributed by atoms with Gasteiger partial charge in [0.15, 0.2) is 0 Å². The number of fused-ring (bicyclic) bond motifs is 3. The van der Waals surface area contributed by atoms with Gasteiger partial charge in [0.1, 0.15) is 5.75 Å². The quantitative estimate of drug-likeness (QED) is 0.662. The predicted molar refractivity (Wildman–Crippen MR) is 113 cm³/mol. The first-order valence-corrected chi connectivity index (χ1v) is 9.92. The van der Waals surface area contributed by atoms with E-state index in [2.05, 4.69) is 10.3 Å². The zero-order valence-corrected chi connectivity index (χ0v) is 16.9. The standard InChI is InChI=1S/C22H22ClN3O3/c1-29-16-5-6-19-17(12-16)18-13-26(10-9-20(18)25-19)22(28)8-7-21(27)24-15-4-2-3-14(23)11-15/h2-6,11-12,25H,7-10,13H2,1H3,(H,24,27). The lowest BCUT2D eigenvalue weighted by Crippen LogP contribution is -2.36. The van der Waals surface area contributed by atoms with E-state index in [0.29, 0.717) is 23.8 Å². The predicted octanol–water partition coefficient (Wildman–Crippen LogP) is 4.13. The summed E-state index contributed by atoms with van der Waals surface area (Å²) in [4.78, 5) is 30.1. The van der Waals surface area contributed by atoms with Crippen molar-refractivity contribution in [3.8, 4) is 5.75 Å². The molecule has 150 valence electrons. The number of aromatic nitrogens is 1. The number of nitrogens with one attached hydrogen (secondary N) is 2. The van der Waals surface area contributed by atoms with Crippen molar-refractivity contribution >= 4 is 40.0 Å². The zero-order valence-electron chi connectivity index (χ0n) is 16.1. The van der Waals surface area contributed by atoms with Gasteiger partial charge in [0.2, 0.25) is 11.8 Å². The van der Waals surface area contributed by atoms with Crippen LogP contribution in [0.1, 0.15) is 24.1 Å². The number of methoxy groups -OCH3 is 1. The third kappa shape index (κ3) is 4.22. The van der Waals surface area contributed by atoms with Crippen LogP contribution in [0.15, 0.2) is 42.5 Å². The Labute approximate surface area is 173 Å². The van der Waals surface area contributed by atoms with Gasteiger partial charge in [-0.1, -0.05) is 17.7 Å². The molecule has 2 heterocycles. The molecule has 6 nitrogen and oxygen atoms in total. The van der Waals surface area contributed by atoms with Gasteiger partial charge in [-0.15, -0.1) is 0 Å². The number of amides is 2. The molecule has 2 aromatic carbocycles. The SMILES string of the molecule is COc1ccc2[nH]c3c(c2c1)CN(C(=O)CCC(=O)Nc1cccc(Cl)c1)CC3. The Kier molecular flexibility index (Phi) is 5.45. The second-order valence-corrected chi connectivity index (χ2v) is 7.55. The lowest BCUT2D eigenvalue weighted by Gasteiger charge is -2.27. The van der Waals surface area contributed by atoms with Gasteiger partial charge >= 0.3 is 0 Å². The maximum Gasteiger partial charge on any atom is 0.224 e. The summed E-state index contributed by atoms with van der Waals surface area (Å²) in [5.74, 6) is 0.574. The van der Waals surface area contributed by atoms with E-state index < -0.39 is 0 Å². The van der Waals surface area contributed by atoms with E-state index in [-0.39, 0.29) is 24.7 Å². The van der Waals surface area contributed by atoms with Crippen LogP contribution in [0, 0.1) is 0 Å². The highest BCUT2D eigenvalue weighted by Crippen LogP contribution is 2.30. The fourth-order valence-electron chi connectivity index (χ4n) is 3.70. The van der Waals surface area contributed by atoms with Crippen LogP contribution in [0.3, 0.4) is 0 Å². The molecule has 0 saturated carbocycles. The number of carbonyl (C=O) groups is 2. The summed E-state index contributed by atoms with van der Waals surface area (Å²) in [6, 6.07) is 12.9. The van der Waals surface area contributed by atoms with Gasteiger partial charge in [-0.3, -0.25) is 9.59 Å². The van der Waals surface area contributed by atoms with Crippen LogP contribution in [-0.2, 0) is 22.6 Å². The number of carbonyl (C=O) groups excluding carboxylic acids is 2. The highest BCUT2D eigenvalue weighted by atomic mass is 35.5. The summed E-state index contributed by atoms with van der Waals surface area (Å²) in [5.41, 5.74) is 3.97. The summed E-state index contributed by atoms with van der Waals surface area (Å²) < 4.78 is 5.33. The Morgan fingerprint density at radius 2 is 2.07 bits per heavy atom. The highest BCUT2D eigenvalue weighted by molar-refractivity contribution is 6.30. The van der Waals surface area contributed by atoms with E-state index in [0.717, 1.165) is 34.3 Å². The van der Waals surface area contributed by atoms with Crippen molar-refractivity contribution in [2.45, 2.75) is 25.8 Å². The molecule has 1 aliphatic heterocycles. The van der Waals surface area contributed by atoms with Gasteiger partial charge in [0.05, 0.1) is 7.11 Å². The number of aromatic amines is 1. The van der Waals surface area contributed by atoms with Crippen LogP contribution in [0.4, 0.5) is 5.69 Å². The van der Waals surface area contributed by atoms with Gasteiger partial charge in [-0.2, -0.15) is 0 Å². The van der Waals surface area contributed by atoms with Gasteiger partial charge in [0.25, 0.3) is 0 Å². The first-order valence-electron chi connectivity index (χ1n) is 9.54. The Morgan fingerprint density at radius 1 is 1.21 bits per heavy atom. The number of halogens is 1. The van der Waals surface area contributed by atoms with Crippen molar-refractivity contribution in [1.82, 2.24) is 9.88 Å². The van der Waals surface area contributed by atoms with Crippen LogP contribution < -0.4 is 10.1 Å². The topological polar surface area (TPSA) is 74.4 Å². The van der Waals surface area contributed by atoms with Crippen LogP contribution in [0.25, 0.3) is 10.9 Å². The van der Waals surface area contributed by atoms with Crippen LogP contribution in [0.2, 0.25) is 5.02 Å². The Morgan fingerprint density at radius 3 is 2.86 bits per heavy atom. The summed E-state index contributed by atoms with van der Waals surface area (Å²) in [6.07, 6.45) is 1.08. The normalized spacial score (nSPS) is 13.2.